The van der Waals surface area contributed by atoms with Crippen molar-refractivity contribution < 1.29 is 21.6 Å². The Morgan fingerprint density at radius 3 is 2.52 bits per heavy atom. The molecule has 5 rings (SSSR count). The minimum Gasteiger partial charge on any atom is -0.351 e. The first kappa shape index (κ1) is 31.5. The fourth-order valence-corrected chi connectivity index (χ4v) is 6.59. The van der Waals surface area contributed by atoms with Crippen molar-refractivity contribution in [1.29, 1.82) is 0 Å². The zero-order valence-corrected chi connectivity index (χ0v) is 25.9. The fraction of sp³-hybridized carbons (Fsp3) is 0.464. The molecule has 0 saturated carbocycles. The van der Waals surface area contributed by atoms with Gasteiger partial charge in [0.15, 0.2) is 5.03 Å². The Balaban J connectivity index is 1.36. The van der Waals surface area contributed by atoms with Crippen molar-refractivity contribution in [2.24, 2.45) is 13.0 Å². The Hall–Kier alpha value is -3.89. The normalized spacial score (nSPS) is 18.2. The van der Waals surface area contributed by atoms with Crippen LogP contribution < -0.4 is 10.6 Å². The highest BCUT2D eigenvalue weighted by atomic mass is 32.2. The summed E-state index contributed by atoms with van der Waals surface area (Å²) in [5.41, 5.74) is 1.01. The summed E-state index contributed by atoms with van der Waals surface area (Å²) in [4.78, 5) is 16.8. The van der Waals surface area contributed by atoms with Crippen LogP contribution in [0.2, 0.25) is 0 Å². The lowest BCUT2D eigenvalue weighted by Gasteiger charge is -2.36. The highest BCUT2D eigenvalue weighted by molar-refractivity contribution is 7.89. The summed E-state index contributed by atoms with van der Waals surface area (Å²) in [6.45, 7) is 8.77. The summed E-state index contributed by atoms with van der Waals surface area (Å²) in [7, 11) is -2.08. The van der Waals surface area contributed by atoms with E-state index in [0.29, 0.717) is 30.4 Å². The predicted octanol–water partition coefficient (Wildman–Crippen LogP) is 3.79. The zero-order chi connectivity index (χ0) is 31.8. The second-order valence-electron chi connectivity index (χ2n) is 11.3. The van der Waals surface area contributed by atoms with Crippen molar-refractivity contribution in [1.82, 2.24) is 43.9 Å². The van der Waals surface area contributed by atoms with Crippen molar-refractivity contribution in [3.63, 3.8) is 0 Å². The number of anilines is 1. The monoisotopic (exact) mass is 632 g/mol. The number of hydrogen-bond acceptors (Lipinski definition) is 9. The molecule has 236 valence electrons. The van der Waals surface area contributed by atoms with E-state index in [1.54, 1.807) is 11.6 Å². The lowest BCUT2D eigenvalue weighted by atomic mass is 9.95. The van der Waals surface area contributed by atoms with Crippen molar-refractivity contribution in [3.05, 3.63) is 60.2 Å². The third-order valence-electron chi connectivity index (χ3n) is 7.47. The van der Waals surface area contributed by atoms with E-state index in [1.807, 2.05) is 39.8 Å². The van der Waals surface area contributed by atoms with E-state index in [9.17, 15) is 21.6 Å². The standard InChI is InChI=1S/C28H35F3N10O2S/c1-17(2)32-11-21-6-7-24(19(4)36-21)41-14-20(10-35-41)26-22(28(29,30)31)12-33-27(38-26)37-23-8-9-40(13-18(23)3)44(42,43)25-15-39(5)16-34-25/h6-7,10,12,14-18,23,32H,8-9,11,13H2,1-5H3,(H,33,37,38)/t18-,23+/m1/s1. The van der Waals surface area contributed by atoms with Gasteiger partial charge in [0.1, 0.15) is 5.56 Å². The van der Waals surface area contributed by atoms with Crippen LogP contribution in [0.5, 0.6) is 0 Å². The second kappa shape index (κ2) is 12.2. The molecule has 0 aromatic carbocycles. The highest BCUT2D eigenvalue weighted by Crippen LogP contribution is 2.36. The van der Waals surface area contributed by atoms with Gasteiger partial charge in [-0.15, -0.1) is 0 Å². The molecular formula is C28H35F3N10O2S. The average Bonchev–Trinajstić information content (AvgIpc) is 3.62. The van der Waals surface area contributed by atoms with Gasteiger partial charge in [-0.1, -0.05) is 20.8 Å². The molecule has 44 heavy (non-hydrogen) atoms. The maximum Gasteiger partial charge on any atom is 0.419 e. The van der Waals surface area contributed by atoms with Gasteiger partial charge < -0.3 is 15.2 Å². The van der Waals surface area contributed by atoms with Gasteiger partial charge in [-0.2, -0.15) is 22.6 Å². The molecule has 1 saturated heterocycles. The van der Waals surface area contributed by atoms with Gasteiger partial charge in [-0.3, -0.25) is 4.98 Å². The van der Waals surface area contributed by atoms with E-state index in [4.69, 9.17) is 0 Å². The first-order valence-corrected chi connectivity index (χ1v) is 15.6. The van der Waals surface area contributed by atoms with Gasteiger partial charge in [0.05, 0.1) is 35.3 Å². The molecule has 1 aliphatic rings. The molecule has 2 N–H and O–H groups in total. The number of piperidine rings is 1. The van der Waals surface area contributed by atoms with Crippen LogP contribution in [0, 0.1) is 12.8 Å². The summed E-state index contributed by atoms with van der Waals surface area (Å²) >= 11 is 0. The molecule has 5 heterocycles. The van der Waals surface area contributed by atoms with Gasteiger partial charge in [-0.25, -0.2) is 28.1 Å². The first-order valence-electron chi connectivity index (χ1n) is 14.2. The number of hydrogen-bond donors (Lipinski definition) is 2. The SMILES string of the molecule is Cc1nc(CNC(C)C)ccc1-n1cc(-c2nc(N[C@H]3CCN(S(=O)(=O)c4cn(C)cn4)C[C@H]3C)ncc2C(F)(F)F)cn1. The summed E-state index contributed by atoms with van der Waals surface area (Å²) in [6.07, 6.45) is 2.16. The number of sulfonamides is 1. The molecule has 1 fully saturated rings. The minimum atomic E-state index is -4.70. The molecule has 0 amide bonds. The van der Waals surface area contributed by atoms with Crippen molar-refractivity contribution in [3.8, 4) is 16.9 Å². The number of alkyl halides is 3. The van der Waals surface area contributed by atoms with Crippen molar-refractivity contribution in [2.45, 2.75) is 63.9 Å². The smallest absolute Gasteiger partial charge is 0.351 e. The van der Waals surface area contributed by atoms with Crippen LogP contribution in [0.15, 0.2) is 48.3 Å². The molecule has 4 aromatic heterocycles. The molecule has 1 aliphatic heterocycles. The molecule has 4 aromatic rings. The number of halogens is 3. The van der Waals surface area contributed by atoms with Crippen molar-refractivity contribution in [2.75, 3.05) is 18.4 Å². The number of aromatic nitrogens is 7. The van der Waals surface area contributed by atoms with E-state index in [2.05, 4.69) is 35.7 Å². The van der Waals surface area contributed by atoms with Crippen LogP contribution in [0.25, 0.3) is 16.9 Å². The van der Waals surface area contributed by atoms with Gasteiger partial charge in [0.2, 0.25) is 5.95 Å². The van der Waals surface area contributed by atoms with Crippen LogP contribution in [-0.4, -0.2) is 72.2 Å². The largest absolute Gasteiger partial charge is 0.419 e. The Bertz CT molecular complexity index is 1740. The number of pyridine rings is 1. The van der Waals surface area contributed by atoms with Crippen LogP contribution in [-0.2, 0) is 29.8 Å². The van der Waals surface area contributed by atoms with Gasteiger partial charge in [0, 0.05) is 62.9 Å². The molecule has 2 atom stereocenters. The summed E-state index contributed by atoms with van der Waals surface area (Å²) < 4.78 is 72.6. The quantitative estimate of drug-likeness (QED) is 0.283. The third kappa shape index (κ3) is 6.76. The molecule has 0 spiro atoms. The molecule has 0 unspecified atom stereocenters. The lowest BCUT2D eigenvalue weighted by Crippen LogP contribution is -2.47. The van der Waals surface area contributed by atoms with Gasteiger partial charge in [-0.05, 0) is 31.4 Å². The van der Waals surface area contributed by atoms with E-state index in [0.717, 1.165) is 11.9 Å². The Labute approximate surface area is 253 Å². The van der Waals surface area contributed by atoms with E-state index < -0.39 is 21.8 Å². The van der Waals surface area contributed by atoms with Crippen molar-refractivity contribution >= 4 is 16.0 Å². The molecule has 0 aliphatic carbocycles. The molecule has 16 heteroatoms. The van der Waals surface area contributed by atoms with Crippen LogP contribution >= 0.6 is 0 Å². The summed E-state index contributed by atoms with van der Waals surface area (Å²) in [5, 5.41) is 10.7. The Morgan fingerprint density at radius 2 is 1.89 bits per heavy atom. The topological polar surface area (TPSA) is 136 Å². The second-order valence-corrected chi connectivity index (χ2v) is 13.2. The number of nitrogens with one attached hydrogen (secondary N) is 2. The Morgan fingerprint density at radius 1 is 1.11 bits per heavy atom. The Kier molecular flexibility index (Phi) is 8.77. The molecular weight excluding hydrogens is 597 g/mol. The van der Waals surface area contributed by atoms with Crippen LogP contribution in [0.1, 0.15) is 44.1 Å². The molecule has 0 radical (unpaired) electrons. The number of nitrogens with zero attached hydrogens (tertiary/aromatic N) is 8. The van der Waals surface area contributed by atoms with E-state index in [1.165, 1.54) is 33.9 Å². The van der Waals surface area contributed by atoms with Gasteiger partial charge >= 0.3 is 6.18 Å². The molecule has 12 nitrogen and oxygen atoms in total. The minimum absolute atomic E-state index is 0.0125. The number of imidazole rings is 1. The zero-order valence-electron chi connectivity index (χ0n) is 25.0. The average molecular weight is 633 g/mol. The number of aryl methyl sites for hydroxylation is 2. The third-order valence-corrected chi connectivity index (χ3v) is 9.22. The maximum atomic E-state index is 14.0. The lowest BCUT2D eigenvalue weighted by molar-refractivity contribution is -0.137. The predicted molar refractivity (Wildman–Crippen MR) is 157 cm³/mol. The van der Waals surface area contributed by atoms with E-state index >= 15 is 0 Å². The summed E-state index contributed by atoms with van der Waals surface area (Å²) in [6, 6.07) is 3.71. The van der Waals surface area contributed by atoms with Crippen LogP contribution in [0.4, 0.5) is 19.1 Å². The van der Waals surface area contributed by atoms with E-state index in [-0.39, 0.29) is 47.3 Å². The first-order chi connectivity index (χ1) is 20.7. The maximum absolute atomic E-state index is 14.0. The van der Waals surface area contributed by atoms with Gasteiger partial charge in [0.25, 0.3) is 10.0 Å². The number of rotatable bonds is 9. The summed E-state index contributed by atoms with van der Waals surface area (Å²) in [5.74, 6) is -0.174. The van der Waals surface area contributed by atoms with Crippen LogP contribution in [0.3, 0.4) is 0 Å². The molecule has 0 bridgehead atoms. The fourth-order valence-electron chi connectivity index (χ4n) is 5.07. The highest BCUT2D eigenvalue weighted by Gasteiger charge is 2.37.